The SMILES string of the molecule is CCCCOc1ccc(C(=O)N(Cc2ccccc2)[C@@H]2CCS(=O)(=O)C2)cc1. The van der Waals surface area contributed by atoms with E-state index in [2.05, 4.69) is 6.92 Å². The van der Waals surface area contributed by atoms with Gasteiger partial charge in [-0.3, -0.25) is 4.79 Å². The Kier molecular flexibility index (Phi) is 6.73. The minimum Gasteiger partial charge on any atom is -0.494 e. The average Bonchev–Trinajstić information content (AvgIpc) is 3.06. The minimum absolute atomic E-state index is 0.0315. The zero-order chi connectivity index (χ0) is 20.0. The van der Waals surface area contributed by atoms with Gasteiger partial charge in [0.1, 0.15) is 5.75 Å². The first-order valence-corrected chi connectivity index (χ1v) is 11.6. The number of carbonyl (C=O) groups is 1. The van der Waals surface area contributed by atoms with Crippen LogP contribution in [-0.2, 0) is 16.4 Å². The Morgan fingerprint density at radius 2 is 1.82 bits per heavy atom. The fourth-order valence-corrected chi connectivity index (χ4v) is 5.09. The zero-order valence-corrected chi connectivity index (χ0v) is 17.0. The maximum atomic E-state index is 13.2. The highest BCUT2D eigenvalue weighted by Gasteiger charge is 2.35. The van der Waals surface area contributed by atoms with E-state index in [0.717, 1.165) is 24.2 Å². The zero-order valence-electron chi connectivity index (χ0n) is 16.2. The minimum atomic E-state index is -3.08. The summed E-state index contributed by atoms with van der Waals surface area (Å²) in [6.45, 7) is 3.16. The van der Waals surface area contributed by atoms with Gasteiger partial charge in [0.2, 0.25) is 0 Å². The van der Waals surface area contributed by atoms with Crippen molar-refractivity contribution in [3.8, 4) is 5.75 Å². The third-order valence-corrected chi connectivity index (χ3v) is 6.72. The topological polar surface area (TPSA) is 63.7 Å². The molecular formula is C22H27NO4S. The molecule has 2 aromatic rings. The summed E-state index contributed by atoms with van der Waals surface area (Å²) in [5, 5.41) is 0. The highest BCUT2D eigenvalue weighted by molar-refractivity contribution is 7.91. The third-order valence-electron chi connectivity index (χ3n) is 4.97. The lowest BCUT2D eigenvalue weighted by molar-refractivity contribution is 0.0681. The van der Waals surface area contributed by atoms with Crippen molar-refractivity contribution in [2.24, 2.45) is 0 Å². The van der Waals surface area contributed by atoms with Crippen LogP contribution in [0.25, 0.3) is 0 Å². The second kappa shape index (κ2) is 9.24. The van der Waals surface area contributed by atoms with E-state index in [1.165, 1.54) is 0 Å². The molecule has 5 nitrogen and oxygen atoms in total. The van der Waals surface area contributed by atoms with Gasteiger partial charge in [-0.15, -0.1) is 0 Å². The maximum Gasteiger partial charge on any atom is 0.254 e. The molecule has 0 bridgehead atoms. The van der Waals surface area contributed by atoms with Gasteiger partial charge < -0.3 is 9.64 Å². The Morgan fingerprint density at radius 1 is 1.11 bits per heavy atom. The molecule has 0 aliphatic carbocycles. The van der Waals surface area contributed by atoms with E-state index in [4.69, 9.17) is 4.74 Å². The van der Waals surface area contributed by atoms with Crippen LogP contribution in [0.3, 0.4) is 0 Å². The highest BCUT2D eigenvalue weighted by atomic mass is 32.2. The van der Waals surface area contributed by atoms with Crippen LogP contribution in [0.15, 0.2) is 54.6 Å². The summed E-state index contributed by atoms with van der Waals surface area (Å²) in [5.41, 5.74) is 1.53. The van der Waals surface area contributed by atoms with Gasteiger partial charge >= 0.3 is 0 Å². The standard InChI is InChI=1S/C22H27NO4S/c1-2-3-14-27-21-11-9-19(10-12-21)22(24)23(16-18-7-5-4-6-8-18)20-13-15-28(25,26)17-20/h4-12,20H,2-3,13-17H2,1H3/t20-/m1/s1. The van der Waals surface area contributed by atoms with Crippen molar-refractivity contribution in [1.29, 1.82) is 0 Å². The van der Waals surface area contributed by atoms with Gasteiger partial charge in [-0.25, -0.2) is 8.42 Å². The number of benzene rings is 2. The lowest BCUT2D eigenvalue weighted by atomic mass is 10.1. The van der Waals surface area contributed by atoms with Gasteiger partial charge in [0.15, 0.2) is 9.84 Å². The largest absolute Gasteiger partial charge is 0.494 e. The summed E-state index contributed by atoms with van der Waals surface area (Å²) in [5.74, 6) is 0.763. The van der Waals surface area contributed by atoms with Gasteiger partial charge in [-0.05, 0) is 42.7 Å². The summed E-state index contributed by atoms with van der Waals surface area (Å²) in [7, 11) is -3.08. The first-order valence-electron chi connectivity index (χ1n) is 9.76. The Balaban J connectivity index is 1.78. The molecule has 0 radical (unpaired) electrons. The predicted molar refractivity (Wildman–Crippen MR) is 110 cm³/mol. The third kappa shape index (κ3) is 5.35. The molecule has 3 rings (SSSR count). The van der Waals surface area contributed by atoms with Crippen LogP contribution in [0.1, 0.15) is 42.1 Å². The van der Waals surface area contributed by atoms with E-state index >= 15 is 0 Å². The second-order valence-corrected chi connectivity index (χ2v) is 9.43. The Labute approximate surface area is 167 Å². The lowest BCUT2D eigenvalue weighted by Crippen LogP contribution is -2.40. The number of nitrogens with zero attached hydrogens (tertiary/aromatic N) is 1. The molecule has 28 heavy (non-hydrogen) atoms. The van der Waals surface area contributed by atoms with Crippen molar-refractivity contribution in [3.05, 3.63) is 65.7 Å². The van der Waals surface area contributed by atoms with Gasteiger partial charge in [-0.1, -0.05) is 43.7 Å². The molecule has 1 aliphatic heterocycles. The summed E-state index contributed by atoms with van der Waals surface area (Å²) in [6, 6.07) is 16.5. The molecule has 6 heteroatoms. The number of rotatable bonds is 8. The van der Waals surface area contributed by atoms with Crippen LogP contribution in [0.2, 0.25) is 0 Å². The smallest absolute Gasteiger partial charge is 0.254 e. The molecule has 1 heterocycles. The van der Waals surface area contributed by atoms with Crippen LogP contribution in [0.4, 0.5) is 0 Å². The Bertz CT molecular complexity index is 879. The fraction of sp³-hybridized carbons (Fsp3) is 0.409. The highest BCUT2D eigenvalue weighted by Crippen LogP contribution is 2.23. The molecule has 150 valence electrons. The number of hydrogen-bond donors (Lipinski definition) is 0. The molecule has 1 aliphatic rings. The molecule has 0 unspecified atom stereocenters. The van der Waals surface area contributed by atoms with Gasteiger partial charge in [-0.2, -0.15) is 0 Å². The van der Waals surface area contributed by atoms with Crippen molar-refractivity contribution < 1.29 is 17.9 Å². The lowest BCUT2D eigenvalue weighted by Gasteiger charge is -2.28. The molecule has 0 N–H and O–H groups in total. The van der Waals surface area contributed by atoms with Crippen molar-refractivity contribution >= 4 is 15.7 Å². The van der Waals surface area contributed by atoms with E-state index in [1.54, 1.807) is 29.2 Å². The molecular weight excluding hydrogens is 374 g/mol. The number of sulfone groups is 1. The van der Waals surface area contributed by atoms with E-state index in [9.17, 15) is 13.2 Å². The molecule has 0 spiro atoms. The average molecular weight is 402 g/mol. The van der Waals surface area contributed by atoms with Gasteiger partial charge in [0, 0.05) is 18.2 Å². The quantitative estimate of drug-likeness (QED) is 0.633. The molecule has 2 aromatic carbocycles. The summed E-state index contributed by atoms with van der Waals surface area (Å²) in [4.78, 5) is 14.9. The number of amides is 1. The second-order valence-electron chi connectivity index (χ2n) is 7.20. The van der Waals surface area contributed by atoms with Crippen LogP contribution < -0.4 is 4.74 Å². The molecule has 1 atom stereocenters. The van der Waals surface area contributed by atoms with Crippen LogP contribution in [0.5, 0.6) is 5.75 Å². The van der Waals surface area contributed by atoms with Crippen molar-refractivity contribution in [3.63, 3.8) is 0 Å². The first-order chi connectivity index (χ1) is 13.5. The van der Waals surface area contributed by atoms with Gasteiger partial charge in [0.05, 0.1) is 18.1 Å². The fourth-order valence-electron chi connectivity index (χ4n) is 3.36. The van der Waals surface area contributed by atoms with Gasteiger partial charge in [0.25, 0.3) is 5.91 Å². The van der Waals surface area contributed by atoms with Crippen LogP contribution >= 0.6 is 0 Å². The molecule has 1 amide bonds. The van der Waals surface area contributed by atoms with Crippen molar-refractivity contribution in [1.82, 2.24) is 4.90 Å². The Morgan fingerprint density at radius 3 is 2.43 bits per heavy atom. The van der Waals surface area contributed by atoms with Crippen molar-refractivity contribution in [2.45, 2.75) is 38.8 Å². The molecule has 1 fully saturated rings. The van der Waals surface area contributed by atoms with E-state index in [1.807, 2.05) is 30.3 Å². The van der Waals surface area contributed by atoms with E-state index in [0.29, 0.717) is 25.1 Å². The molecule has 0 saturated carbocycles. The summed E-state index contributed by atoms with van der Waals surface area (Å²) < 4.78 is 29.6. The first kappa shape index (κ1) is 20.4. The van der Waals surface area contributed by atoms with Crippen molar-refractivity contribution in [2.75, 3.05) is 18.1 Å². The number of ether oxygens (including phenoxy) is 1. The number of hydrogen-bond acceptors (Lipinski definition) is 4. The normalized spacial score (nSPS) is 18.0. The summed E-state index contributed by atoms with van der Waals surface area (Å²) in [6.07, 6.45) is 2.54. The summed E-state index contributed by atoms with van der Waals surface area (Å²) >= 11 is 0. The monoisotopic (exact) mass is 401 g/mol. The Hall–Kier alpha value is -2.34. The molecule has 1 saturated heterocycles. The molecule has 0 aromatic heterocycles. The maximum absolute atomic E-state index is 13.2. The predicted octanol–water partition coefficient (Wildman–Crippen LogP) is 3.70. The van der Waals surface area contributed by atoms with Crippen LogP contribution in [0, 0.1) is 0 Å². The van der Waals surface area contributed by atoms with Crippen LogP contribution in [-0.4, -0.2) is 43.4 Å². The number of unbranched alkanes of at least 4 members (excludes halogenated alkanes) is 1. The number of carbonyl (C=O) groups excluding carboxylic acids is 1. The van der Waals surface area contributed by atoms with E-state index < -0.39 is 9.84 Å². The van der Waals surface area contributed by atoms with E-state index in [-0.39, 0.29) is 23.5 Å².